The number of benzene rings is 2. The molecule has 0 saturated carbocycles. The highest BCUT2D eigenvalue weighted by Gasteiger charge is 2.26. The van der Waals surface area contributed by atoms with Crippen LogP contribution < -0.4 is 15.4 Å². The molecule has 0 atom stereocenters. The van der Waals surface area contributed by atoms with E-state index in [0.29, 0.717) is 11.4 Å². The van der Waals surface area contributed by atoms with Gasteiger partial charge < -0.3 is 10.6 Å². The van der Waals surface area contributed by atoms with Gasteiger partial charge in [0.25, 0.3) is 0 Å². The third-order valence-corrected chi connectivity index (χ3v) is 5.16. The molecule has 0 spiro atoms. The van der Waals surface area contributed by atoms with Crippen LogP contribution in [0.25, 0.3) is 0 Å². The molecule has 6 heteroatoms. The summed E-state index contributed by atoms with van der Waals surface area (Å²) in [5, 5.41) is 0. The largest absolute Gasteiger partial charge is 0.399 e. The third kappa shape index (κ3) is 2.36. The maximum Gasteiger partial charge on any atom is 0.242 e. The van der Waals surface area contributed by atoms with Crippen molar-refractivity contribution in [2.45, 2.75) is 11.3 Å². The normalized spacial score (nSPS) is 14.2. The van der Waals surface area contributed by atoms with Crippen LogP contribution in [0.1, 0.15) is 5.56 Å². The van der Waals surface area contributed by atoms with Crippen molar-refractivity contribution in [3.05, 3.63) is 48.0 Å². The average molecular weight is 303 g/mol. The van der Waals surface area contributed by atoms with E-state index in [1.165, 1.54) is 18.7 Å². The van der Waals surface area contributed by atoms with Crippen LogP contribution in [-0.2, 0) is 16.4 Å². The van der Waals surface area contributed by atoms with Gasteiger partial charge in [-0.15, -0.1) is 0 Å². The van der Waals surface area contributed by atoms with E-state index in [0.717, 1.165) is 18.7 Å². The van der Waals surface area contributed by atoms with Crippen molar-refractivity contribution < 1.29 is 8.42 Å². The van der Waals surface area contributed by atoms with Crippen molar-refractivity contribution in [1.29, 1.82) is 0 Å². The Hall–Kier alpha value is -2.05. The van der Waals surface area contributed by atoms with Crippen molar-refractivity contribution >= 4 is 27.1 Å². The SMILES string of the molecule is CNS(=O)(=O)c1cc(N)ccc1N1CCc2ccccc21. The zero-order chi connectivity index (χ0) is 15.0. The minimum Gasteiger partial charge on any atom is -0.399 e. The summed E-state index contributed by atoms with van der Waals surface area (Å²) >= 11 is 0. The molecule has 5 nitrogen and oxygen atoms in total. The average Bonchev–Trinajstić information content (AvgIpc) is 2.91. The van der Waals surface area contributed by atoms with Crippen molar-refractivity contribution in [2.24, 2.45) is 0 Å². The number of hydrogen-bond donors (Lipinski definition) is 2. The molecular formula is C15H17N3O2S. The maximum absolute atomic E-state index is 12.2. The summed E-state index contributed by atoms with van der Waals surface area (Å²) in [5.74, 6) is 0. The molecule has 0 aromatic heterocycles. The molecule has 1 heterocycles. The second-order valence-electron chi connectivity index (χ2n) is 4.97. The Bertz CT molecular complexity index is 787. The van der Waals surface area contributed by atoms with Gasteiger partial charge in [-0.2, -0.15) is 0 Å². The van der Waals surface area contributed by atoms with E-state index >= 15 is 0 Å². The van der Waals surface area contributed by atoms with Gasteiger partial charge in [-0.25, -0.2) is 13.1 Å². The highest BCUT2D eigenvalue weighted by molar-refractivity contribution is 7.89. The first-order valence-corrected chi connectivity index (χ1v) is 8.20. The summed E-state index contributed by atoms with van der Waals surface area (Å²) in [6.45, 7) is 0.759. The van der Waals surface area contributed by atoms with E-state index in [4.69, 9.17) is 5.73 Å². The summed E-state index contributed by atoms with van der Waals surface area (Å²) < 4.78 is 26.9. The zero-order valence-electron chi connectivity index (χ0n) is 11.7. The smallest absolute Gasteiger partial charge is 0.242 e. The Morgan fingerprint density at radius 2 is 1.90 bits per heavy atom. The molecule has 21 heavy (non-hydrogen) atoms. The van der Waals surface area contributed by atoms with Gasteiger partial charge in [-0.3, -0.25) is 0 Å². The predicted molar refractivity (Wildman–Crippen MR) is 84.3 cm³/mol. The monoisotopic (exact) mass is 303 g/mol. The van der Waals surface area contributed by atoms with Crippen LogP contribution in [0.3, 0.4) is 0 Å². The number of nitrogen functional groups attached to an aromatic ring is 1. The standard InChI is InChI=1S/C15H17N3O2S/c1-17-21(19,20)15-10-12(16)6-7-14(15)18-9-8-11-4-2-3-5-13(11)18/h2-7,10,17H,8-9,16H2,1H3. The fourth-order valence-electron chi connectivity index (χ4n) is 2.67. The maximum atomic E-state index is 12.2. The van der Waals surface area contributed by atoms with Crippen LogP contribution in [-0.4, -0.2) is 22.0 Å². The molecule has 0 bridgehead atoms. The number of fused-ring (bicyclic) bond motifs is 1. The lowest BCUT2D eigenvalue weighted by Crippen LogP contribution is -2.23. The topological polar surface area (TPSA) is 75.4 Å². The first kappa shape index (κ1) is 13.9. The van der Waals surface area contributed by atoms with Gasteiger partial charge in [0.2, 0.25) is 10.0 Å². The molecule has 1 aliphatic rings. The molecular weight excluding hydrogens is 286 g/mol. The van der Waals surface area contributed by atoms with E-state index in [-0.39, 0.29) is 4.90 Å². The van der Waals surface area contributed by atoms with Crippen molar-refractivity contribution in [3.8, 4) is 0 Å². The number of nitrogens with zero attached hydrogens (tertiary/aromatic N) is 1. The van der Waals surface area contributed by atoms with E-state index in [2.05, 4.69) is 10.8 Å². The van der Waals surface area contributed by atoms with Crippen LogP contribution in [0, 0.1) is 0 Å². The summed E-state index contributed by atoms with van der Waals surface area (Å²) in [6, 6.07) is 13.0. The number of hydrogen-bond acceptors (Lipinski definition) is 4. The summed E-state index contributed by atoms with van der Waals surface area (Å²) in [7, 11) is -2.16. The van der Waals surface area contributed by atoms with Gasteiger partial charge >= 0.3 is 0 Å². The molecule has 2 aromatic carbocycles. The van der Waals surface area contributed by atoms with Gasteiger partial charge in [-0.1, -0.05) is 18.2 Å². The molecule has 2 aromatic rings. The highest BCUT2D eigenvalue weighted by atomic mass is 32.2. The molecule has 0 saturated heterocycles. The fraction of sp³-hybridized carbons (Fsp3) is 0.200. The van der Waals surface area contributed by atoms with Crippen molar-refractivity contribution in [3.63, 3.8) is 0 Å². The quantitative estimate of drug-likeness (QED) is 0.849. The summed E-state index contributed by atoms with van der Waals surface area (Å²) in [4.78, 5) is 2.24. The number of sulfonamides is 1. The summed E-state index contributed by atoms with van der Waals surface area (Å²) in [5.41, 5.74) is 9.12. The highest BCUT2D eigenvalue weighted by Crippen LogP contribution is 2.38. The van der Waals surface area contributed by atoms with E-state index < -0.39 is 10.0 Å². The Balaban J connectivity index is 2.17. The van der Waals surface area contributed by atoms with Gasteiger partial charge in [0, 0.05) is 17.9 Å². The van der Waals surface area contributed by atoms with Crippen molar-refractivity contribution in [2.75, 3.05) is 24.2 Å². The van der Waals surface area contributed by atoms with E-state index in [9.17, 15) is 8.42 Å². The zero-order valence-corrected chi connectivity index (χ0v) is 12.5. The molecule has 0 radical (unpaired) electrons. The van der Waals surface area contributed by atoms with Gasteiger partial charge in [-0.05, 0) is 43.3 Å². The van der Waals surface area contributed by atoms with Gasteiger partial charge in [0.15, 0.2) is 0 Å². The van der Waals surface area contributed by atoms with Crippen LogP contribution in [0.2, 0.25) is 0 Å². The van der Waals surface area contributed by atoms with E-state index in [1.54, 1.807) is 12.1 Å². The Morgan fingerprint density at radius 3 is 2.67 bits per heavy atom. The Morgan fingerprint density at radius 1 is 1.14 bits per heavy atom. The van der Waals surface area contributed by atoms with Crippen LogP contribution in [0.4, 0.5) is 17.1 Å². The molecule has 0 aliphatic carbocycles. The minimum atomic E-state index is -3.56. The molecule has 0 fully saturated rings. The number of rotatable bonds is 3. The van der Waals surface area contributed by atoms with Crippen LogP contribution in [0.5, 0.6) is 0 Å². The number of anilines is 3. The molecule has 3 rings (SSSR count). The van der Waals surface area contributed by atoms with Crippen LogP contribution >= 0.6 is 0 Å². The minimum absolute atomic E-state index is 0.210. The molecule has 1 aliphatic heterocycles. The first-order chi connectivity index (χ1) is 10.0. The Labute approximate surface area is 124 Å². The Kier molecular flexibility index (Phi) is 3.35. The fourth-order valence-corrected chi connectivity index (χ4v) is 3.63. The van der Waals surface area contributed by atoms with Gasteiger partial charge in [0.1, 0.15) is 4.90 Å². The number of nitrogens with one attached hydrogen (secondary N) is 1. The van der Waals surface area contributed by atoms with E-state index in [1.807, 2.05) is 23.1 Å². The lowest BCUT2D eigenvalue weighted by atomic mass is 10.2. The second kappa shape index (κ2) is 5.05. The lowest BCUT2D eigenvalue weighted by molar-refractivity contribution is 0.588. The van der Waals surface area contributed by atoms with Crippen molar-refractivity contribution in [1.82, 2.24) is 4.72 Å². The summed E-state index contributed by atoms with van der Waals surface area (Å²) in [6.07, 6.45) is 0.902. The molecule has 3 N–H and O–H groups in total. The predicted octanol–water partition coefficient (Wildman–Crippen LogP) is 1.87. The van der Waals surface area contributed by atoms with Crippen LogP contribution in [0.15, 0.2) is 47.4 Å². The number of nitrogens with two attached hydrogens (primary N) is 1. The third-order valence-electron chi connectivity index (χ3n) is 3.72. The number of para-hydroxylation sites is 1. The second-order valence-corrected chi connectivity index (χ2v) is 6.82. The molecule has 0 amide bonds. The first-order valence-electron chi connectivity index (χ1n) is 6.71. The van der Waals surface area contributed by atoms with Gasteiger partial charge in [0.05, 0.1) is 5.69 Å². The lowest BCUT2D eigenvalue weighted by Gasteiger charge is -2.22. The molecule has 0 unspecified atom stereocenters. The molecule has 110 valence electrons.